The molecule has 1 amide bonds. The monoisotopic (exact) mass is 522 g/mol. The largest absolute Gasteiger partial charge is 0.445 e. The van der Waals surface area contributed by atoms with Crippen molar-refractivity contribution >= 4 is 27.1 Å². The number of likely N-dealkylation sites (tertiary alicyclic amines) is 1. The number of ether oxygens (including phenoxy) is 1. The lowest BCUT2D eigenvalue weighted by Crippen LogP contribution is -2.60. The summed E-state index contributed by atoms with van der Waals surface area (Å²) in [7, 11) is -3.60. The Labute approximate surface area is 206 Å². The normalized spacial score (nSPS) is 18.4. The van der Waals surface area contributed by atoms with Gasteiger partial charge in [-0.15, -0.1) is 0 Å². The summed E-state index contributed by atoms with van der Waals surface area (Å²) in [6.45, 7) is 0.135. The van der Waals surface area contributed by atoms with Crippen molar-refractivity contribution in [1.82, 2.24) is 19.2 Å². The van der Waals surface area contributed by atoms with E-state index in [2.05, 4.69) is 9.97 Å². The van der Waals surface area contributed by atoms with Crippen LogP contribution in [0.4, 0.5) is 18.0 Å². The molecule has 3 aromatic rings. The fraction of sp³-hybridized carbons (Fsp3) is 0.417. The molecule has 2 aliphatic rings. The van der Waals surface area contributed by atoms with Gasteiger partial charge in [-0.2, -0.15) is 13.2 Å². The maximum Gasteiger partial charge on any atom is 0.416 e. The number of amides is 1. The topological polar surface area (TPSA) is 95.6 Å². The molecule has 12 heteroatoms. The van der Waals surface area contributed by atoms with E-state index in [1.165, 1.54) is 27.4 Å². The van der Waals surface area contributed by atoms with Gasteiger partial charge in [0.1, 0.15) is 17.5 Å². The number of pyridine rings is 1. The molecule has 8 nitrogen and oxygen atoms in total. The van der Waals surface area contributed by atoms with Crippen LogP contribution in [0.5, 0.6) is 0 Å². The first-order chi connectivity index (χ1) is 17.1. The number of benzene rings is 1. The number of alkyl halides is 3. The third kappa shape index (κ3) is 4.66. The third-order valence-electron chi connectivity index (χ3n) is 6.94. The molecule has 2 fully saturated rings. The Hall–Kier alpha value is -3.12. The number of sulfonamides is 1. The number of H-pyrrole nitrogens is 1. The van der Waals surface area contributed by atoms with Crippen molar-refractivity contribution in [2.45, 2.75) is 36.8 Å². The van der Waals surface area contributed by atoms with Gasteiger partial charge >= 0.3 is 12.3 Å². The second-order valence-corrected chi connectivity index (χ2v) is 11.3. The molecule has 2 aromatic heterocycles. The van der Waals surface area contributed by atoms with Crippen LogP contribution in [0.2, 0.25) is 0 Å². The van der Waals surface area contributed by atoms with Gasteiger partial charge in [0, 0.05) is 49.5 Å². The number of hydrogen-bond acceptors (Lipinski definition) is 5. The highest BCUT2D eigenvalue weighted by molar-refractivity contribution is 7.89. The summed E-state index contributed by atoms with van der Waals surface area (Å²) in [5.74, 6) is 0.224. The average Bonchev–Trinajstić information content (AvgIpc) is 3.25. The van der Waals surface area contributed by atoms with Gasteiger partial charge in [-0.3, -0.25) is 0 Å². The molecule has 0 radical (unpaired) electrons. The number of aromatic nitrogens is 2. The van der Waals surface area contributed by atoms with E-state index >= 15 is 0 Å². The first kappa shape index (κ1) is 24.6. The van der Waals surface area contributed by atoms with Crippen molar-refractivity contribution < 1.29 is 31.1 Å². The number of nitrogens with zero attached hydrogens (tertiary/aromatic N) is 3. The summed E-state index contributed by atoms with van der Waals surface area (Å²) in [6, 6.07) is 8.75. The predicted octanol–water partition coefficient (Wildman–Crippen LogP) is 4.11. The van der Waals surface area contributed by atoms with Crippen LogP contribution in [0.15, 0.2) is 48.8 Å². The van der Waals surface area contributed by atoms with Crippen molar-refractivity contribution in [3.05, 3.63) is 65.5 Å². The molecule has 2 saturated heterocycles. The quantitative estimate of drug-likeness (QED) is 0.544. The summed E-state index contributed by atoms with van der Waals surface area (Å²) in [5, 5.41) is 0.297. The van der Waals surface area contributed by atoms with E-state index in [1.54, 1.807) is 6.20 Å². The Morgan fingerprint density at radius 1 is 1.11 bits per heavy atom. The van der Waals surface area contributed by atoms with E-state index in [4.69, 9.17) is 4.74 Å². The summed E-state index contributed by atoms with van der Waals surface area (Å²) in [6.07, 6.45) is -0.371. The van der Waals surface area contributed by atoms with Crippen LogP contribution in [0.25, 0.3) is 11.0 Å². The summed E-state index contributed by atoms with van der Waals surface area (Å²) in [5.41, 5.74) is 0.928. The highest BCUT2D eigenvalue weighted by Gasteiger charge is 2.44. The summed E-state index contributed by atoms with van der Waals surface area (Å²) < 4.78 is 72.0. The van der Waals surface area contributed by atoms with Gasteiger partial charge < -0.3 is 14.6 Å². The lowest BCUT2D eigenvalue weighted by molar-refractivity contribution is -0.138. The molecule has 0 saturated carbocycles. The van der Waals surface area contributed by atoms with Gasteiger partial charge in [-0.25, -0.2) is 22.5 Å². The zero-order chi connectivity index (χ0) is 25.5. The molecule has 192 valence electrons. The number of rotatable bonds is 5. The Morgan fingerprint density at radius 3 is 2.56 bits per heavy atom. The maximum absolute atomic E-state index is 13.1. The molecule has 0 aliphatic carbocycles. The van der Waals surface area contributed by atoms with Crippen LogP contribution >= 0.6 is 0 Å². The van der Waals surface area contributed by atoms with Gasteiger partial charge in [0.05, 0.1) is 5.56 Å². The highest BCUT2D eigenvalue weighted by Crippen LogP contribution is 2.35. The number of nitrogens with one attached hydrogen (secondary N) is 1. The zero-order valence-electron chi connectivity index (χ0n) is 19.2. The minimum Gasteiger partial charge on any atom is -0.445 e. The van der Waals surface area contributed by atoms with Gasteiger partial charge in [-0.1, -0.05) is 18.2 Å². The number of halogens is 3. The van der Waals surface area contributed by atoms with Gasteiger partial charge in [0.15, 0.2) is 0 Å². The fourth-order valence-corrected chi connectivity index (χ4v) is 6.75. The SMILES string of the molecule is O=C(OCc1ccccc1C(F)(F)F)N1CC(S(=O)(=O)N2CCC(c3c[nH]c4ncccc34)CC2)C1. The summed E-state index contributed by atoms with van der Waals surface area (Å²) >= 11 is 0. The minimum atomic E-state index is -4.56. The zero-order valence-corrected chi connectivity index (χ0v) is 20.1. The lowest BCUT2D eigenvalue weighted by atomic mass is 9.90. The molecule has 36 heavy (non-hydrogen) atoms. The van der Waals surface area contributed by atoms with Crippen molar-refractivity contribution in [3.63, 3.8) is 0 Å². The van der Waals surface area contributed by atoms with E-state index < -0.39 is 39.7 Å². The third-order valence-corrected chi connectivity index (χ3v) is 9.16. The van der Waals surface area contributed by atoms with E-state index in [0.29, 0.717) is 25.9 Å². The fourth-order valence-electron chi connectivity index (χ4n) is 4.88. The van der Waals surface area contributed by atoms with Gasteiger partial charge in [-0.05, 0) is 42.5 Å². The van der Waals surface area contributed by atoms with E-state index in [-0.39, 0.29) is 24.6 Å². The Bertz CT molecular complexity index is 1360. The highest BCUT2D eigenvalue weighted by atomic mass is 32.2. The smallest absolute Gasteiger partial charge is 0.416 e. The van der Waals surface area contributed by atoms with Crippen LogP contribution in [0.3, 0.4) is 0 Å². The first-order valence-corrected chi connectivity index (χ1v) is 13.1. The van der Waals surface area contributed by atoms with Crippen LogP contribution in [0, 0.1) is 0 Å². The maximum atomic E-state index is 13.1. The van der Waals surface area contributed by atoms with E-state index in [1.807, 2.05) is 18.3 Å². The number of hydrogen-bond donors (Lipinski definition) is 1. The number of aromatic amines is 1. The molecule has 0 atom stereocenters. The second kappa shape index (κ2) is 9.40. The summed E-state index contributed by atoms with van der Waals surface area (Å²) in [4.78, 5) is 21.0. The van der Waals surface area contributed by atoms with E-state index in [9.17, 15) is 26.4 Å². The Balaban J connectivity index is 1.13. The number of carbonyl (C=O) groups is 1. The van der Waals surface area contributed by atoms with Crippen LogP contribution in [-0.4, -0.2) is 65.1 Å². The molecule has 0 spiro atoms. The number of fused-ring (bicyclic) bond motifs is 1. The van der Waals surface area contributed by atoms with Crippen molar-refractivity contribution in [2.75, 3.05) is 26.2 Å². The number of carbonyl (C=O) groups excluding carboxylic acids is 1. The standard InChI is InChI=1S/C24H25F3N4O4S/c25-24(26,27)21-6-2-1-4-17(21)15-35-23(32)30-13-18(14-30)36(33,34)31-10-7-16(8-11-31)20-12-29-22-19(20)5-3-9-28-22/h1-6,9,12,16,18H,7-8,10-11,13-15H2,(H,28,29). The molecular weight excluding hydrogens is 497 g/mol. The predicted molar refractivity (Wildman–Crippen MR) is 126 cm³/mol. The van der Waals surface area contributed by atoms with Crippen LogP contribution in [0.1, 0.15) is 35.4 Å². The molecule has 0 bridgehead atoms. The van der Waals surface area contributed by atoms with Crippen molar-refractivity contribution in [1.29, 1.82) is 0 Å². The Morgan fingerprint density at radius 2 is 1.83 bits per heavy atom. The van der Waals surface area contributed by atoms with Crippen LogP contribution in [-0.2, 0) is 27.5 Å². The van der Waals surface area contributed by atoms with Gasteiger partial charge in [0.2, 0.25) is 10.0 Å². The molecule has 5 rings (SSSR count). The molecule has 1 aromatic carbocycles. The number of piperidine rings is 1. The molecule has 1 N–H and O–H groups in total. The lowest BCUT2D eigenvalue weighted by Gasteiger charge is -2.41. The van der Waals surface area contributed by atoms with Crippen molar-refractivity contribution in [3.8, 4) is 0 Å². The second-order valence-electron chi connectivity index (χ2n) is 9.10. The van der Waals surface area contributed by atoms with Crippen molar-refractivity contribution in [2.24, 2.45) is 0 Å². The minimum absolute atomic E-state index is 0.0455. The van der Waals surface area contributed by atoms with Gasteiger partial charge in [0.25, 0.3) is 0 Å². The average molecular weight is 523 g/mol. The molecule has 0 unspecified atom stereocenters. The molecule has 4 heterocycles. The molecular formula is C24H25F3N4O4S. The Kier molecular flexibility index (Phi) is 6.41. The van der Waals surface area contributed by atoms with E-state index in [0.717, 1.165) is 22.7 Å². The van der Waals surface area contributed by atoms with Crippen LogP contribution < -0.4 is 0 Å². The molecule has 2 aliphatic heterocycles. The first-order valence-electron chi connectivity index (χ1n) is 11.6.